The van der Waals surface area contributed by atoms with E-state index in [-0.39, 0.29) is 0 Å². The molecular formula is C10H21NO. The van der Waals surface area contributed by atoms with E-state index in [0.717, 1.165) is 5.92 Å². The minimum atomic E-state index is 0.308. The van der Waals surface area contributed by atoms with Crippen molar-refractivity contribution in [2.75, 3.05) is 13.7 Å². The lowest BCUT2D eigenvalue weighted by atomic mass is 9.94. The highest BCUT2D eigenvalue weighted by Gasteiger charge is 2.20. The van der Waals surface area contributed by atoms with Crippen LogP contribution in [-0.4, -0.2) is 19.8 Å². The fraction of sp³-hybridized carbons (Fsp3) is 1.00. The van der Waals surface area contributed by atoms with Crippen LogP contribution in [0.1, 0.15) is 38.5 Å². The Kier molecular flexibility index (Phi) is 4.62. The number of nitrogens with two attached hydrogens (primary N) is 1. The van der Waals surface area contributed by atoms with Gasteiger partial charge in [0.05, 0.1) is 6.10 Å². The number of ether oxygens (including phenoxy) is 1. The monoisotopic (exact) mass is 171 g/mol. The summed E-state index contributed by atoms with van der Waals surface area (Å²) < 4.78 is 5.37. The van der Waals surface area contributed by atoms with Crippen LogP contribution < -0.4 is 5.73 Å². The molecule has 0 spiro atoms. The van der Waals surface area contributed by atoms with Gasteiger partial charge >= 0.3 is 0 Å². The van der Waals surface area contributed by atoms with Gasteiger partial charge < -0.3 is 10.5 Å². The summed E-state index contributed by atoms with van der Waals surface area (Å²) in [4.78, 5) is 0. The van der Waals surface area contributed by atoms with Crippen molar-refractivity contribution in [1.82, 2.24) is 0 Å². The first-order valence-corrected chi connectivity index (χ1v) is 5.11. The van der Waals surface area contributed by atoms with E-state index in [1.54, 1.807) is 7.11 Å². The Morgan fingerprint density at radius 3 is 2.25 bits per heavy atom. The highest BCUT2D eigenvalue weighted by atomic mass is 16.5. The van der Waals surface area contributed by atoms with Crippen molar-refractivity contribution in [3.8, 4) is 0 Å². The van der Waals surface area contributed by atoms with Crippen LogP contribution in [0.2, 0.25) is 0 Å². The molecule has 1 fully saturated rings. The first kappa shape index (κ1) is 10.0. The van der Waals surface area contributed by atoms with Gasteiger partial charge in [0.25, 0.3) is 0 Å². The molecule has 0 saturated heterocycles. The molecule has 0 heterocycles. The van der Waals surface area contributed by atoms with Crippen LogP contribution >= 0.6 is 0 Å². The topological polar surface area (TPSA) is 35.2 Å². The van der Waals surface area contributed by atoms with Crippen molar-refractivity contribution in [1.29, 1.82) is 0 Å². The molecule has 2 N–H and O–H groups in total. The Morgan fingerprint density at radius 1 is 1.25 bits per heavy atom. The summed E-state index contributed by atoms with van der Waals surface area (Å²) in [7, 11) is 1.78. The number of hydrogen-bond acceptors (Lipinski definition) is 2. The second-order valence-corrected chi connectivity index (χ2v) is 3.76. The number of hydrogen-bond donors (Lipinski definition) is 1. The summed E-state index contributed by atoms with van der Waals surface area (Å²) in [6.45, 7) is 0.682. The molecule has 0 aliphatic heterocycles. The summed E-state index contributed by atoms with van der Waals surface area (Å²) in [5.74, 6) is 0.725. The van der Waals surface area contributed by atoms with E-state index in [1.165, 1.54) is 38.5 Å². The lowest BCUT2D eigenvalue weighted by Gasteiger charge is -2.23. The van der Waals surface area contributed by atoms with Gasteiger partial charge in [-0.3, -0.25) is 0 Å². The third-order valence-electron chi connectivity index (χ3n) is 2.96. The minimum absolute atomic E-state index is 0.308. The molecule has 2 heteroatoms. The zero-order chi connectivity index (χ0) is 8.81. The fourth-order valence-corrected chi connectivity index (χ4v) is 2.16. The smallest absolute Gasteiger partial charge is 0.0721 e. The molecule has 1 atom stereocenters. The van der Waals surface area contributed by atoms with Crippen LogP contribution in [0.5, 0.6) is 0 Å². The fourth-order valence-electron chi connectivity index (χ4n) is 2.16. The van der Waals surface area contributed by atoms with Crippen molar-refractivity contribution in [2.45, 2.75) is 44.6 Å². The van der Waals surface area contributed by atoms with Gasteiger partial charge in [-0.05, 0) is 18.8 Å². The van der Waals surface area contributed by atoms with E-state index in [4.69, 9.17) is 10.5 Å². The van der Waals surface area contributed by atoms with E-state index in [1.807, 2.05) is 0 Å². The molecule has 1 saturated carbocycles. The van der Waals surface area contributed by atoms with Gasteiger partial charge in [-0.15, -0.1) is 0 Å². The zero-order valence-electron chi connectivity index (χ0n) is 8.09. The molecule has 0 aromatic carbocycles. The lowest BCUT2D eigenvalue weighted by Crippen LogP contribution is -2.30. The molecular weight excluding hydrogens is 150 g/mol. The molecule has 72 valence electrons. The Labute approximate surface area is 75.5 Å². The first-order valence-electron chi connectivity index (χ1n) is 5.11. The second-order valence-electron chi connectivity index (χ2n) is 3.76. The Morgan fingerprint density at radius 2 is 1.83 bits per heavy atom. The lowest BCUT2D eigenvalue weighted by molar-refractivity contribution is 0.0525. The average Bonchev–Trinajstić information content (AvgIpc) is 2.35. The molecule has 1 aliphatic rings. The Bertz CT molecular complexity index is 104. The van der Waals surface area contributed by atoms with Crippen molar-refractivity contribution >= 4 is 0 Å². The SMILES string of the molecule is COC(CN)C1CCCCCC1. The summed E-state index contributed by atoms with van der Waals surface area (Å²) in [5.41, 5.74) is 5.64. The number of methoxy groups -OCH3 is 1. The molecule has 0 amide bonds. The van der Waals surface area contributed by atoms with Crippen LogP contribution in [0.25, 0.3) is 0 Å². The third kappa shape index (κ3) is 2.76. The predicted octanol–water partition coefficient (Wildman–Crippen LogP) is 1.93. The molecule has 0 bridgehead atoms. The van der Waals surface area contributed by atoms with Crippen molar-refractivity contribution in [2.24, 2.45) is 11.7 Å². The van der Waals surface area contributed by atoms with Gasteiger partial charge in [0.15, 0.2) is 0 Å². The van der Waals surface area contributed by atoms with Crippen LogP contribution in [0.15, 0.2) is 0 Å². The zero-order valence-corrected chi connectivity index (χ0v) is 8.09. The van der Waals surface area contributed by atoms with E-state index in [2.05, 4.69) is 0 Å². The highest BCUT2D eigenvalue weighted by molar-refractivity contribution is 4.73. The van der Waals surface area contributed by atoms with Gasteiger partial charge in [0.1, 0.15) is 0 Å². The van der Waals surface area contributed by atoms with E-state index in [9.17, 15) is 0 Å². The highest BCUT2D eigenvalue weighted by Crippen LogP contribution is 2.26. The Balaban J connectivity index is 2.35. The van der Waals surface area contributed by atoms with Gasteiger partial charge in [0, 0.05) is 13.7 Å². The van der Waals surface area contributed by atoms with E-state index in [0.29, 0.717) is 12.6 Å². The molecule has 1 unspecified atom stereocenters. The molecule has 1 aliphatic carbocycles. The van der Waals surface area contributed by atoms with Crippen LogP contribution in [0.3, 0.4) is 0 Å². The van der Waals surface area contributed by atoms with Gasteiger partial charge in [-0.1, -0.05) is 25.7 Å². The van der Waals surface area contributed by atoms with Crippen LogP contribution in [0.4, 0.5) is 0 Å². The van der Waals surface area contributed by atoms with Gasteiger partial charge in [-0.2, -0.15) is 0 Å². The molecule has 2 nitrogen and oxygen atoms in total. The second kappa shape index (κ2) is 5.55. The normalized spacial score (nSPS) is 23.5. The first-order chi connectivity index (χ1) is 5.88. The summed E-state index contributed by atoms with van der Waals surface area (Å²) in [6.07, 6.45) is 8.47. The largest absolute Gasteiger partial charge is 0.380 e. The summed E-state index contributed by atoms with van der Waals surface area (Å²) >= 11 is 0. The van der Waals surface area contributed by atoms with Crippen LogP contribution in [0, 0.1) is 5.92 Å². The average molecular weight is 171 g/mol. The van der Waals surface area contributed by atoms with E-state index < -0.39 is 0 Å². The van der Waals surface area contributed by atoms with Crippen molar-refractivity contribution < 1.29 is 4.74 Å². The van der Waals surface area contributed by atoms with Crippen LogP contribution in [-0.2, 0) is 4.74 Å². The van der Waals surface area contributed by atoms with E-state index >= 15 is 0 Å². The van der Waals surface area contributed by atoms with Gasteiger partial charge in [0.2, 0.25) is 0 Å². The summed E-state index contributed by atoms with van der Waals surface area (Å²) in [6, 6.07) is 0. The maximum absolute atomic E-state index is 5.64. The molecule has 1 rings (SSSR count). The quantitative estimate of drug-likeness (QED) is 0.658. The van der Waals surface area contributed by atoms with Crippen molar-refractivity contribution in [3.05, 3.63) is 0 Å². The molecule has 0 radical (unpaired) electrons. The summed E-state index contributed by atoms with van der Waals surface area (Å²) in [5, 5.41) is 0. The minimum Gasteiger partial charge on any atom is -0.380 e. The molecule has 12 heavy (non-hydrogen) atoms. The maximum atomic E-state index is 5.64. The molecule has 0 aromatic heterocycles. The van der Waals surface area contributed by atoms with Gasteiger partial charge in [-0.25, -0.2) is 0 Å². The number of rotatable bonds is 3. The molecule has 0 aromatic rings. The third-order valence-corrected chi connectivity index (χ3v) is 2.96. The van der Waals surface area contributed by atoms with Crippen molar-refractivity contribution in [3.63, 3.8) is 0 Å². The standard InChI is InChI=1S/C10H21NO/c1-12-10(8-11)9-6-4-2-3-5-7-9/h9-10H,2-8,11H2,1H3. The predicted molar refractivity (Wildman–Crippen MR) is 51.0 cm³/mol. The Hall–Kier alpha value is -0.0800. The maximum Gasteiger partial charge on any atom is 0.0721 e.